The normalized spacial score (nSPS) is 11.6. The molecule has 2 aromatic carbocycles. The van der Waals surface area contributed by atoms with Crippen LogP contribution in [0.25, 0.3) is 11.3 Å². The van der Waals surface area contributed by atoms with Crippen LogP contribution in [0, 0.1) is 12.7 Å². The highest BCUT2D eigenvalue weighted by Gasteiger charge is 2.21. The third-order valence-electron chi connectivity index (χ3n) is 4.21. The second-order valence-electron chi connectivity index (χ2n) is 6.36. The fourth-order valence-corrected chi connectivity index (χ4v) is 3.06. The molecule has 0 aliphatic heterocycles. The Morgan fingerprint density at radius 1 is 1.10 bits per heavy atom. The molecule has 7 heteroatoms. The summed E-state index contributed by atoms with van der Waals surface area (Å²) in [5, 5.41) is 2.41. The first kappa shape index (κ1) is 20.7. The number of rotatable bonds is 5. The largest absolute Gasteiger partial charge is 0.449 e. The van der Waals surface area contributed by atoms with Crippen molar-refractivity contribution < 1.29 is 18.7 Å². The quantitative estimate of drug-likeness (QED) is 0.539. The number of aryl methyl sites for hydroxylation is 1. The standard InChI is InChI=1S/C22H18BrFN2O3/c1-13-17(10-11-19(25-13)15-6-5-7-16(23)12-15)22(28)29-14(2)21(27)26-20-9-4-3-8-18(20)24/h3-12,14H,1-2H3,(H,26,27). The lowest BCUT2D eigenvalue weighted by molar-refractivity contribution is -0.123. The van der Waals surface area contributed by atoms with Gasteiger partial charge in [-0.1, -0.05) is 40.2 Å². The maximum Gasteiger partial charge on any atom is 0.340 e. The number of aromatic nitrogens is 1. The number of hydrogen-bond acceptors (Lipinski definition) is 4. The summed E-state index contributed by atoms with van der Waals surface area (Å²) in [4.78, 5) is 29.2. The second kappa shape index (κ2) is 8.96. The minimum absolute atomic E-state index is 0.0246. The Morgan fingerprint density at radius 3 is 2.55 bits per heavy atom. The number of nitrogens with one attached hydrogen (secondary N) is 1. The van der Waals surface area contributed by atoms with E-state index in [1.165, 1.54) is 25.1 Å². The molecule has 29 heavy (non-hydrogen) atoms. The van der Waals surface area contributed by atoms with E-state index >= 15 is 0 Å². The Morgan fingerprint density at radius 2 is 1.86 bits per heavy atom. The van der Waals surface area contributed by atoms with Crippen LogP contribution >= 0.6 is 15.9 Å². The van der Waals surface area contributed by atoms with Crippen LogP contribution in [-0.4, -0.2) is 23.0 Å². The van der Waals surface area contributed by atoms with Gasteiger partial charge in [0, 0.05) is 10.0 Å². The Kier molecular flexibility index (Phi) is 6.39. The van der Waals surface area contributed by atoms with Crippen LogP contribution in [-0.2, 0) is 9.53 Å². The first-order chi connectivity index (χ1) is 13.8. The molecule has 0 spiro atoms. The lowest BCUT2D eigenvalue weighted by Crippen LogP contribution is -2.30. The number of halogens is 2. The van der Waals surface area contributed by atoms with E-state index < -0.39 is 23.8 Å². The zero-order valence-corrected chi connectivity index (χ0v) is 17.4. The van der Waals surface area contributed by atoms with Crippen molar-refractivity contribution in [2.75, 3.05) is 5.32 Å². The average molecular weight is 457 g/mol. The summed E-state index contributed by atoms with van der Waals surface area (Å²) in [5.41, 5.74) is 2.38. The van der Waals surface area contributed by atoms with Gasteiger partial charge in [0.15, 0.2) is 6.10 Å². The Hall–Kier alpha value is -3.06. The smallest absolute Gasteiger partial charge is 0.340 e. The minimum Gasteiger partial charge on any atom is -0.449 e. The molecular weight excluding hydrogens is 439 g/mol. The molecule has 0 bridgehead atoms. The third kappa shape index (κ3) is 5.06. The molecule has 148 valence electrons. The molecule has 1 unspecified atom stereocenters. The van der Waals surface area contributed by atoms with Gasteiger partial charge in [0.25, 0.3) is 5.91 Å². The molecule has 3 aromatic rings. The summed E-state index contributed by atoms with van der Waals surface area (Å²) in [6.07, 6.45) is -1.11. The van der Waals surface area contributed by atoms with Crippen molar-refractivity contribution in [1.82, 2.24) is 4.98 Å². The lowest BCUT2D eigenvalue weighted by Gasteiger charge is -2.15. The van der Waals surface area contributed by atoms with Gasteiger partial charge in [0.05, 0.1) is 22.6 Å². The van der Waals surface area contributed by atoms with Crippen LogP contribution in [0.1, 0.15) is 23.0 Å². The molecular formula is C22H18BrFN2O3. The summed E-state index contributed by atoms with van der Waals surface area (Å²) < 4.78 is 19.8. The molecule has 0 radical (unpaired) electrons. The summed E-state index contributed by atoms with van der Waals surface area (Å²) in [6.45, 7) is 3.12. The van der Waals surface area contributed by atoms with E-state index in [1.807, 2.05) is 24.3 Å². The van der Waals surface area contributed by atoms with Gasteiger partial charge < -0.3 is 10.1 Å². The van der Waals surface area contributed by atoms with E-state index in [4.69, 9.17) is 4.74 Å². The number of nitrogens with zero attached hydrogens (tertiary/aromatic N) is 1. The van der Waals surface area contributed by atoms with Crippen molar-refractivity contribution in [3.05, 3.63) is 82.2 Å². The molecule has 1 aromatic heterocycles. The molecule has 0 saturated carbocycles. The van der Waals surface area contributed by atoms with Crippen LogP contribution in [0.4, 0.5) is 10.1 Å². The highest BCUT2D eigenvalue weighted by Crippen LogP contribution is 2.23. The van der Waals surface area contributed by atoms with Crippen molar-refractivity contribution in [3.63, 3.8) is 0 Å². The number of ether oxygens (including phenoxy) is 1. The number of hydrogen-bond donors (Lipinski definition) is 1. The molecule has 1 heterocycles. The van der Waals surface area contributed by atoms with Gasteiger partial charge >= 0.3 is 5.97 Å². The van der Waals surface area contributed by atoms with E-state index in [-0.39, 0.29) is 11.3 Å². The molecule has 3 rings (SSSR count). The Bertz CT molecular complexity index is 1070. The van der Waals surface area contributed by atoms with Crippen molar-refractivity contribution in [2.24, 2.45) is 0 Å². The first-order valence-corrected chi connectivity index (χ1v) is 9.64. The topological polar surface area (TPSA) is 68.3 Å². The second-order valence-corrected chi connectivity index (χ2v) is 7.27. The van der Waals surface area contributed by atoms with Crippen LogP contribution in [0.2, 0.25) is 0 Å². The van der Waals surface area contributed by atoms with Crippen LogP contribution in [0.5, 0.6) is 0 Å². The number of amides is 1. The average Bonchev–Trinajstić information content (AvgIpc) is 2.69. The Balaban J connectivity index is 1.70. The van der Waals surface area contributed by atoms with Gasteiger partial charge in [0.1, 0.15) is 5.82 Å². The summed E-state index contributed by atoms with van der Waals surface area (Å²) in [7, 11) is 0. The predicted molar refractivity (Wildman–Crippen MR) is 112 cm³/mol. The number of anilines is 1. The van der Waals surface area contributed by atoms with Crippen LogP contribution < -0.4 is 5.32 Å². The van der Waals surface area contributed by atoms with Gasteiger partial charge in [-0.25, -0.2) is 9.18 Å². The molecule has 0 aliphatic rings. The number of pyridine rings is 1. The molecule has 5 nitrogen and oxygen atoms in total. The van der Waals surface area contributed by atoms with Gasteiger partial charge in [-0.2, -0.15) is 0 Å². The molecule has 1 N–H and O–H groups in total. The van der Waals surface area contributed by atoms with Gasteiger partial charge in [0.2, 0.25) is 0 Å². The number of esters is 1. The monoisotopic (exact) mass is 456 g/mol. The first-order valence-electron chi connectivity index (χ1n) is 8.85. The molecule has 1 atom stereocenters. The number of benzene rings is 2. The predicted octanol–water partition coefficient (Wildman–Crippen LogP) is 5.14. The zero-order valence-electron chi connectivity index (χ0n) is 15.8. The van der Waals surface area contributed by atoms with Crippen LogP contribution in [0.3, 0.4) is 0 Å². The van der Waals surface area contributed by atoms with E-state index in [0.717, 1.165) is 10.0 Å². The van der Waals surface area contributed by atoms with E-state index in [2.05, 4.69) is 26.2 Å². The molecule has 0 fully saturated rings. The third-order valence-corrected chi connectivity index (χ3v) is 4.70. The maximum atomic E-state index is 13.7. The van der Waals surface area contributed by atoms with Crippen molar-refractivity contribution >= 4 is 33.5 Å². The highest BCUT2D eigenvalue weighted by molar-refractivity contribution is 9.10. The summed E-state index contributed by atoms with van der Waals surface area (Å²) in [5.74, 6) is -1.87. The van der Waals surface area contributed by atoms with Crippen molar-refractivity contribution in [2.45, 2.75) is 20.0 Å². The fraction of sp³-hybridized carbons (Fsp3) is 0.136. The zero-order chi connectivity index (χ0) is 21.0. The number of carbonyl (C=O) groups is 2. The minimum atomic E-state index is -1.11. The van der Waals surface area contributed by atoms with Crippen molar-refractivity contribution in [3.8, 4) is 11.3 Å². The van der Waals surface area contributed by atoms with Crippen molar-refractivity contribution in [1.29, 1.82) is 0 Å². The summed E-state index contributed by atoms with van der Waals surface area (Å²) in [6, 6.07) is 16.8. The maximum absolute atomic E-state index is 13.7. The number of para-hydroxylation sites is 1. The van der Waals surface area contributed by atoms with Gasteiger partial charge in [-0.3, -0.25) is 9.78 Å². The molecule has 1 amide bonds. The SMILES string of the molecule is Cc1nc(-c2cccc(Br)c2)ccc1C(=O)OC(C)C(=O)Nc1ccccc1F. The van der Waals surface area contributed by atoms with Gasteiger partial charge in [-0.05, 0) is 50.2 Å². The van der Waals surface area contributed by atoms with Gasteiger partial charge in [-0.15, -0.1) is 0 Å². The van der Waals surface area contributed by atoms with Crippen LogP contribution in [0.15, 0.2) is 65.1 Å². The highest BCUT2D eigenvalue weighted by atomic mass is 79.9. The molecule has 0 saturated heterocycles. The van der Waals surface area contributed by atoms with E-state index in [0.29, 0.717) is 11.4 Å². The van der Waals surface area contributed by atoms with E-state index in [9.17, 15) is 14.0 Å². The molecule has 0 aliphatic carbocycles. The Labute approximate surface area is 176 Å². The lowest BCUT2D eigenvalue weighted by atomic mass is 10.1. The fourth-order valence-electron chi connectivity index (χ4n) is 2.66. The number of carbonyl (C=O) groups excluding carboxylic acids is 2. The summed E-state index contributed by atoms with van der Waals surface area (Å²) >= 11 is 3.42. The van der Waals surface area contributed by atoms with E-state index in [1.54, 1.807) is 25.1 Å².